The number of carbonyl (C=O) groups is 1. The van der Waals surface area contributed by atoms with Gasteiger partial charge in [0.1, 0.15) is 11.4 Å². The summed E-state index contributed by atoms with van der Waals surface area (Å²) in [4.78, 5) is 16.0. The van der Waals surface area contributed by atoms with Crippen molar-refractivity contribution in [3.05, 3.63) is 66.1 Å². The third-order valence-electron chi connectivity index (χ3n) is 3.83. The lowest BCUT2D eigenvalue weighted by molar-refractivity contribution is -0.155. The number of alkyl halides is 3. The molecule has 9 heteroatoms. The van der Waals surface area contributed by atoms with Crippen molar-refractivity contribution < 1.29 is 22.7 Å². The fourth-order valence-corrected chi connectivity index (χ4v) is 2.54. The molecule has 1 atom stereocenters. The predicted octanol–water partition coefficient (Wildman–Crippen LogP) is 3.51. The number of methoxy groups -OCH3 is 1. The minimum atomic E-state index is -4.68. The first-order chi connectivity index (χ1) is 12.9. The summed E-state index contributed by atoms with van der Waals surface area (Å²) in [6, 6.07) is 8.77. The second-order valence-electron chi connectivity index (χ2n) is 5.60. The highest BCUT2D eigenvalue weighted by Crippen LogP contribution is 2.33. The Hall–Kier alpha value is -3.36. The lowest BCUT2D eigenvalue weighted by Gasteiger charge is -2.21. The molecule has 1 unspecified atom stereocenters. The molecule has 3 aromatic rings. The topological polar surface area (TPSA) is 79.9 Å². The second-order valence-corrected chi connectivity index (χ2v) is 5.60. The van der Waals surface area contributed by atoms with Crippen LogP contribution < -0.4 is 10.1 Å². The molecule has 27 heavy (non-hydrogen) atoms. The molecule has 2 N–H and O–H groups in total. The zero-order valence-corrected chi connectivity index (χ0v) is 14.1. The van der Waals surface area contributed by atoms with E-state index in [0.29, 0.717) is 17.0 Å². The second kappa shape index (κ2) is 7.48. The molecule has 0 aliphatic heterocycles. The predicted molar refractivity (Wildman–Crippen MR) is 91.1 cm³/mol. The number of aromatic amines is 1. The first kappa shape index (κ1) is 18.4. The molecule has 2 heterocycles. The number of hydrogen-bond donors (Lipinski definition) is 2. The zero-order chi connectivity index (χ0) is 19.4. The number of nitrogens with one attached hydrogen (secondary N) is 2. The number of rotatable bonds is 5. The number of halogens is 3. The van der Waals surface area contributed by atoms with E-state index in [-0.39, 0.29) is 11.3 Å². The number of hydrogen-bond acceptors (Lipinski definition) is 4. The summed E-state index contributed by atoms with van der Waals surface area (Å²) >= 11 is 0. The van der Waals surface area contributed by atoms with E-state index in [1.165, 1.54) is 31.5 Å². The Bertz CT molecular complexity index is 926. The smallest absolute Gasteiger partial charge is 0.412 e. The van der Waals surface area contributed by atoms with Gasteiger partial charge in [-0.15, -0.1) is 0 Å². The standard InChI is InChI=1S/C18H15F3N4O2/c1-27-15-7-3-2-6-12(15)13-9-14(25-24-13)17(26)23-16(18(19,20)21)11-5-4-8-22-10-11/h2-10,16H,1H3,(H,23,26)(H,24,25). The minimum absolute atomic E-state index is 0.103. The van der Waals surface area contributed by atoms with Crippen LogP contribution in [0.5, 0.6) is 5.75 Å². The molecule has 0 aliphatic carbocycles. The average molecular weight is 376 g/mol. The molecular weight excluding hydrogens is 361 g/mol. The number of ether oxygens (including phenoxy) is 1. The molecule has 0 bridgehead atoms. The van der Waals surface area contributed by atoms with Gasteiger partial charge in [-0.3, -0.25) is 14.9 Å². The molecule has 1 aromatic carbocycles. The number of aromatic nitrogens is 3. The number of H-pyrrole nitrogens is 1. The van der Waals surface area contributed by atoms with Crippen molar-refractivity contribution in [2.24, 2.45) is 0 Å². The molecule has 0 saturated carbocycles. The maximum Gasteiger partial charge on any atom is 0.412 e. The van der Waals surface area contributed by atoms with Crippen LogP contribution in [0.15, 0.2) is 54.9 Å². The Balaban J connectivity index is 1.85. The van der Waals surface area contributed by atoms with Crippen LogP contribution in [0.2, 0.25) is 0 Å². The van der Waals surface area contributed by atoms with Gasteiger partial charge in [0.2, 0.25) is 0 Å². The van der Waals surface area contributed by atoms with Gasteiger partial charge in [0.15, 0.2) is 6.04 Å². The van der Waals surface area contributed by atoms with Crippen LogP contribution >= 0.6 is 0 Å². The molecule has 0 radical (unpaired) electrons. The fraction of sp³-hybridized carbons (Fsp3) is 0.167. The van der Waals surface area contributed by atoms with E-state index in [1.807, 2.05) is 5.32 Å². The Morgan fingerprint density at radius 1 is 1.22 bits per heavy atom. The van der Waals surface area contributed by atoms with Gasteiger partial charge in [-0.2, -0.15) is 18.3 Å². The van der Waals surface area contributed by atoms with Crippen LogP contribution in [0, 0.1) is 0 Å². The quantitative estimate of drug-likeness (QED) is 0.714. The maximum absolute atomic E-state index is 13.4. The van der Waals surface area contributed by atoms with Crippen molar-refractivity contribution in [1.29, 1.82) is 0 Å². The molecule has 0 saturated heterocycles. The van der Waals surface area contributed by atoms with Crippen LogP contribution in [0.3, 0.4) is 0 Å². The molecule has 140 valence electrons. The van der Waals surface area contributed by atoms with Gasteiger partial charge in [0, 0.05) is 23.5 Å². The first-order valence-corrected chi connectivity index (χ1v) is 7.86. The highest BCUT2D eigenvalue weighted by atomic mass is 19.4. The summed E-state index contributed by atoms with van der Waals surface area (Å²) in [7, 11) is 1.49. The van der Waals surface area contributed by atoms with Gasteiger partial charge in [0.25, 0.3) is 5.91 Å². The van der Waals surface area contributed by atoms with E-state index >= 15 is 0 Å². The van der Waals surface area contributed by atoms with Gasteiger partial charge in [-0.05, 0) is 24.3 Å². The molecule has 6 nitrogen and oxygen atoms in total. The van der Waals surface area contributed by atoms with Crippen LogP contribution in [0.1, 0.15) is 22.1 Å². The van der Waals surface area contributed by atoms with E-state index in [9.17, 15) is 18.0 Å². The van der Waals surface area contributed by atoms with Gasteiger partial charge in [-0.25, -0.2) is 0 Å². The van der Waals surface area contributed by atoms with Crippen LogP contribution in [-0.4, -0.2) is 34.4 Å². The summed E-state index contributed by atoms with van der Waals surface area (Å²) in [6.45, 7) is 0. The normalized spacial score (nSPS) is 12.4. The van der Waals surface area contributed by atoms with E-state index in [4.69, 9.17) is 4.74 Å². The molecule has 1 amide bonds. The summed E-state index contributed by atoms with van der Waals surface area (Å²) in [5.41, 5.74) is 0.717. The first-order valence-electron chi connectivity index (χ1n) is 7.86. The lowest BCUT2D eigenvalue weighted by atomic mass is 10.1. The summed E-state index contributed by atoms with van der Waals surface area (Å²) in [5, 5.41) is 8.44. The van der Waals surface area contributed by atoms with Crippen molar-refractivity contribution >= 4 is 5.91 Å². The Kier molecular flexibility index (Phi) is 5.11. The van der Waals surface area contributed by atoms with E-state index in [2.05, 4.69) is 15.2 Å². The van der Waals surface area contributed by atoms with Crippen molar-refractivity contribution in [3.8, 4) is 17.0 Å². The zero-order valence-electron chi connectivity index (χ0n) is 14.1. The molecule has 3 rings (SSSR count). The minimum Gasteiger partial charge on any atom is -0.496 e. The molecular formula is C18H15F3N4O2. The van der Waals surface area contributed by atoms with Gasteiger partial charge < -0.3 is 10.1 Å². The highest BCUT2D eigenvalue weighted by Gasteiger charge is 2.42. The number of nitrogens with zero attached hydrogens (tertiary/aromatic N) is 2. The number of carbonyl (C=O) groups excluding carboxylic acids is 1. The molecule has 0 aliphatic rings. The third kappa shape index (κ3) is 4.08. The Morgan fingerprint density at radius 3 is 2.67 bits per heavy atom. The van der Waals surface area contributed by atoms with Crippen molar-refractivity contribution in [1.82, 2.24) is 20.5 Å². The van der Waals surface area contributed by atoms with Gasteiger partial charge >= 0.3 is 6.18 Å². The van der Waals surface area contributed by atoms with E-state index in [1.54, 1.807) is 24.3 Å². The van der Waals surface area contributed by atoms with Gasteiger partial charge in [0.05, 0.1) is 12.8 Å². The Labute approximate surface area is 152 Å². The lowest BCUT2D eigenvalue weighted by Crippen LogP contribution is -2.38. The highest BCUT2D eigenvalue weighted by molar-refractivity contribution is 5.93. The van der Waals surface area contributed by atoms with Crippen molar-refractivity contribution in [2.75, 3.05) is 7.11 Å². The number of para-hydroxylation sites is 1. The van der Waals surface area contributed by atoms with Crippen LogP contribution in [0.4, 0.5) is 13.2 Å². The average Bonchev–Trinajstić information content (AvgIpc) is 3.15. The number of amides is 1. The number of pyridine rings is 1. The molecule has 0 spiro atoms. The summed E-state index contributed by atoms with van der Waals surface area (Å²) in [5.74, 6) is -0.408. The summed E-state index contributed by atoms with van der Waals surface area (Å²) < 4.78 is 45.3. The summed E-state index contributed by atoms with van der Waals surface area (Å²) in [6.07, 6.45) is -2.26. The van der Waals surface area contributed by atoms with E-state index in [0.717, 1.165) is 6.20 Å². The Morgan fingerprint density at radius 2 is 2.00 bits per heavy atom. The third-order valence-corrected chi connectivity index (χ3v) is 3.83. The maximum atomic E-state index is 13.4. The van der Waals surface area contributed by atoms with Crippen molar-refractivity contribution in [3.63, 3.8) is 0 Å². The SMILES string of the molecule is COc1ccccc1-c1cc(C(=O)NC(c2cccnc2)C(F)(F)F)[nH]n1. The number of benzene rings is 1. The fourth-order valence-electron chi connectivity index (χ4n) is 2.54. The molecule has 0 fully saturated rings. The van der Waals surface area contributed by atoms with Crippen molar-refractivity contribution in [2.45, 2.75) is 12.2 Å². The monoisotopic (exact) mass is 376 g/mol. The molecule has 2 aromatic heterocycles. The van der Waals surface area contributed by atoms with Crippen LogP contribution in [0.25, 0.3) is 11.3 Å². The largest absolute Gasteiger partial charge is 0.496 e. The van der Waals surface area contributed by atoms with Crippen LogP contribution in [-0.2, 0) is 0 Å². The van der Waals surface area contributed by atoms with Gasteiger partial charge in [-0.1, -0.05) is 18.2 Å². The van der Waals surface area contributed by atoms with E-state index < -0.39 is 18.1 Å².